The molecule has 1 aliphatic carbocycles. The summed E-state index contributed by atoms with van der Waals surface area (Å²) in [6, 6.07) is 17.8. The lowest BCUT2D eigenvalue weighted by atomic mass is 10.1. The Balaban J connectivity index is 1.88. The van der Waals surface area contributed by atoms with Gasteiger partial charge in [-0.1, -0.05) is 12.1 Å². The molecule has 0 bridgehead atoms. The number of nitrogens with one attached hydrogen (secondary N) is 1. The molecule has 27 heavy (non-hydrogen) atoms. The van der Waals surface area contributed by atoms with E-state index in [9.17, 15) is 5.26 Å². The summed E-state index contributed by atoms with van der Waals surface area (Å²) in [4.78, 5) is 0. The Hall–Kier alpha value is -2.93. The summed E-state index contributed by atoms with van der Waals surface area (Å²) >= 11 is 0. The zero-order chi connectivity index (χ0) is 19.0. The molecule has 0 saturated heterocycles. The van der Waals surface area contributed by atoms with E-state index in [0.29, 0.717) is 18.7 Å². The molecular weight excluding hydrogens is 334 g/mol. The quantitative estimate of drug-likeness (QED) is 0.611. The molecule has 0 unspecified atom stereocenters. The summed E-state index contributed by atoms with van der Waals surface area (Å²) in [5.74, 6) is 0.858. The summed E-state index contributed by atoms with van der Waals surface area (Å²) in [7, 11) is 0. The van der Waals surface area contributed by atoms with Gasteiger partial charge in [-0.2, -0.15) is 5.26 Å². The van der Waals surface area contributed by atoms with Gasteiger partial charge in [0.2, 0.25) is 0 Å². The summed E-state index contributed by atoms with van der Waals surface area (Å²) < 4.78 is 8.05. The van der Waals surface area contributed by atoms with Crippen LogP contribution in [0.2, 0.25) is 0 Å². The third kappa shape index (κ3) is 3.26. The van der Waals surface area contributed by atoms with Gasteiger partial charge in [0.25, 0.3) is 0 Å². The molecule has 138 valence electrons. The van der Waals surface area contributed by atoms with Gasteiger partial charge in [-0.15, -0.1) is 0 Å². The zero-order valence-corrected chi connectivity index (χ0v) is 16.1. The van der Waals surface area contributed by atoms with Crippen LogP contribution < -0.4 is 10.1 Å². The Labute approximate surface area is 160 Å². The molecular formula is C23H25N3O. The first-order valence-corrected chi connectivity index (χ1v) is 9.70. The topological polar surface area (TPSA) is 50.0 Å². The van der Waals surface area contributed by atoms with Gasteiger partial charge in [0.05, 0.1) is 23.4 Å². The largest absolute Gasteiger partial charge is 0.494 e. The Morgan fingerprint density at radius 3 is 2.52 bits per heavy atom. The molecule has 0 radical (unpaired) electrons. The minimum Gasteiger partial charge on any atom is -0.494 e. The Bertz CT molecular complexity index is 1000. The number of nitriles is 1. The fourth-order valence-electron chi connectivity index (χ4n) is 3.71. The normalized spacial score (nSPS) is 13.7. The number of nitrogens with zero attached hydrogens (tertiary/aromatic N) is 2. The molecule has 3 aromatic rings. The van der Waals surface area contributed by atoms with Gasteiger partial charge in [0.15, 0.2) is 0 Å². The third-order valence-corrected chi connectivity index (χ3v) is 4.92. The summed E-state index contributed by atoms with van der Waals surface area (Å²) in [6.45, 7) is 6.88. The maximum atomic E-state index is 9.93. The molecule has 2 aromatic carbocycles. The molecule has 1 N–H and O–H groups in total. The van der Waals surface area contributed by atoms with Crippen molar-refractivity contribution in [1.29, 1.82) is 5.26 Å². The van der Waals surface area contributed by atoms with Crippen LogP contribution in [-0.2, 0) is 0 Å². The Morgan fingerprint density at radius 1 is 1.19 bits per heavy atom. The van der Waals surface area contributed by atoms with Gasteiger partial charge in [-0.3, -0.25) is 0 Å². The monoisotopic (exact) mass is 359 g/mol. The number of fused-ring (bicyclic) bond motifs is 1. The van der Waals surface area contributed by atoms with Crippen LogP contribution in [0.25, 0.3) is 22.2 Å². The van der Waals surface area contributed by atoms with Crippen molar-refractivity contribution in [1.82, 2.24) is 4.57 Å². The van der Waals surface area contributed by atoms with E-state index in [1.807, 2.05) is 19.1 Å². The van der Waals surface area contributed by atoms with Gasteiger partial charge in [-0.05, 0) is 63.4 Å². The molecule has 0 atom stereocenters. The molecule has 1 heterocycles. The van der Waals surface area contributed by atoms with Crippen molar-refractivity contribution in [3.05, 3.63) is 48.0 Å². The van der Waals surface area contributed by atoms with Crippen LogP contribution in [0, 0.1) is 11.3 Å². The maximum Gasteiger partial charge on any atom is 0.121 e. The van der Waals surface area contributed by atoms with E-state index < -0.39 is 0 Å². The highest BCUT2D eigenvalue weighted by atomic mass is 16.5. The molecule has 4 rings (SSSR count). The van der Waals surface area contributed by atoms with E-state index in [4.69, 9.17) is 4.74 Å². The van der Waals surface area contributed by atoms with Crippen LogP contribution in [0.5, 0.6) is 5.75 Å². The number of hydrogen-bond donors (Lipinski definition) is 1. The molecule has 1 aliphatic rings. The van der Waals surface area contributed by atoms with Crippen molar-refractivity contribution in [3.8, 4) is 23.1 Å². The van der Waals surface area contributed by atoms with Crippen molar-refractivity contribution in [2.24, 2.45) is 0 Å². The standard InChI is InChI=1S/C23H25N3O/c1-4-27-19-11-12-20-21(14-24)23(26(18-9-10-18)22(20)13-19)16-5-7-17(8-6-16)25-15(2)3/h5-8,11-13,15,18,25H,4,9-10H2,1-3H3. The molecule has 0 aliphatic heterocycles. The SMILES string of the molecule is CCOc1ccc2c(C#N)c(-c3ccc(NC(C)C)cc3)n(C3CC3)c2c1. The van der Waals surface area contributed by atoms with Gasteiger partial charge in [0, 0.05) is 29.2 Å². The van der Waals surface area contributed by atoms with Crippen LogP contribution in [0.4, 0.5) is 5.69 Å². The van der Waals surface area contributed by atoms with Crippen LogP contribution in [0.3, 0.4) is 0 Å². The molecule has 1 saturated carbocycles. The second kappa shape index (κ2) is 7.00. The first-order chi connectivity index (χ1) is 13.1. The predicted molar refractivity (Wildman–Crippen MR) is 110 cm³/mol. The number of aromatic nitrogens is 1. The predicted octanol–water partition coefficient (Wildman–Crippen LogP) is 5.73. The lowest BCUT2D eigenvalue weighted by Gasteiger charge is -2.13. The summed E-state index contributed by atoms with van der Waals surface area (Å²) in [6.07, 6.45) is 2.32. The Morgan fingerprint density at radius 2 is 1.93 bits per heavy atom. The number of rotatable bonds is 6. The van der Waals surface area contributed by atoms with Crippen molar-refractivity contribution in [2.75, 3.05) is 11.9 Å². The van der Waals surface area contributed by atoms with Crippen LogP contribution >= 0.6 is 0 Å². The average molecular weight is 359 g/mol. The number of ether oxygens (including phenoxy) is 1. The van der Waals surface area contributed by atoms with Crippen LogP contribution in [0.1, 0.15) is 45.2 Å². The highest BCUT2D eigenvalue weighted by molar-refractivity contribution is 5.95. The molecule has 4 heteroatoms. The number of anilines is 1. The van der Waals surface area contributed by atoms with Crippen molar-refractivity contribution in [3.63, 3.8) is 0 Å². The summed E-state index contributed by atoms with van der Waals surface area (Å²) in [5.41, 5.74) is 5.06. The molecule has 0 spiro atoms. The second-order valence-electron chi connectivity index (χ2n) is 7.42. The number of benzene rings is 2. The third-order valence-electron chi connectivity index (χ3n) is 4.92. The second-order valence-corrected chi connectivity index (χ2v) is 7.42. The smallest absolute Gasteiger partial charge is 0.121 e. The average Bonchev–Trinajstić information content (AvgIpc) is 3.43. The van der Waals surface area contributed by atoms with Gasteiger partial charge in [-0.25, -0.2) is 0 Å². The van der Waals surface area contributed by atoms with Crippen molar-refractivity contribution < 1.29 is 4.74 Å². The van der Waals surface area contributed by atoms with Gasteiger partial charge in [0.1, 0.15) is 11.8 Å². The highest BCUT2D eigenvalue weighted by Gasteiger charge is 2.30. The molecule has 1 fully saturated rings. The lowest BCUT2D eigenvalue weighted by molar-refractivity contribution is 0.340. The van der Waals surface area contributed by atoms with Gasteiger partial charge < -0.3 is 14.6 Å². The maximum absolute atomic E-state index is 9.93. The van der Waals surface area contributed by atoms with E-state index in [1.165, 1.54) is 0 Å². The van der Waals surface area contributed by atoms with E-state index in [2.05, 4.69) is 60.1 Å². The fraction of sp³-hybridized carbons (Fsp3) is 0.348. The summed E-state index contributed by atoms with van der Waals surface area (Å²) in [5, 5.41) is 14.4. The van der Waals surface area contributed by atoms with E-state index >= 15 is 0 Å². The zero-order valence-electron chi connectivity index (χ0n) is 16.1. The highest BCUT2D eigenvalue weighted by Crippen LogP contribution is 2.45. The lowest BCUT2D eigenvalue weighted by Crippen LogP contribution is -2.09. The number of hydrogen-bond acceptors (Lipinski definition) is 3. The fourth-order valence-corrected chi connectivity index (χ4v) is 3.71. The van der Waals surface area contributed by atoms with Crippen LogP contribution in [0.15, 0.2) is 42.5 Å². The van der Waals surface area contributed by atoms with Gasteiger partial charge >= 0.3 is 0 Å². The van der Waals surface area contributed by atoms with Crippen molar-refractivity contribution >= 4 is 16.6 Å². The minimum absolute atomic E-state index is 0.389. The Kier molecular flexibility index (Phi) is 4.53. The van der Waals surface area contributed by atoms with Crippen LogP contribution in [-0.4, -0.2) is 17.2 Å². The molecule has 0 amide bonds. The first kappa shape index (κ1) is 17.5. The van der Waals surface area contributed by atoms with Crippen molar-refractivity contribution in [2.45, 2.75) is 45.7 Å². The molecule has 1 aromatic heterocycles. The van der Waals surface area contributed by atoms with E-state index in [-0.39, 0.29) is 0 Å². The minimum atomic E-state index is 0.389. The van der Waals surface area contributed by atoms with E-state index in [1.54, 1.807) is 0 Å². The molecule has 4 nitrogen and oxygen atoms in total. The first-order valence-electron chi connectivity index (χ1n) is 9.70. The van der Waals surface area contributed by atoms with E-state index in [0.717, 1.165) is 52.0 Å².